The first-order valence-electron chi connectivity index (χ1n) is 8.69. The predicted octanol–water partition coefficient (Wildman–Crippen LogP) is 4.49. The van der Waals surface area contributed by atoms with E-state index in [0.717, 1.165) is 5.56 Å². The van der Waals surface area contributed by atoms with Crippen LogP contribution < -0.4 is 10.1 Å². The minimum Gasteiger partial charge on any atom is -0.438 e. The van der Waals surface area contributed by atoms with Gasteiger partial charge in [-0.05, 0) is 42.0 Å². The molecule has 3 aromatic carbocycles. The fourth-order valence-electron chi connectivity index (χ4n) is 2.78. The van der Waals surface area contributed by atoms with Gasteiger partial charge in [0, 0.05) is 12.1 Å². The molecule has 5 nitrogen and oxygen atoms in total. The standard InChI is InChI=1S/C22H16FN3O2/c23-17-9-10-20-19(12-17)22(26-14-25-20)28-18-8-4-7-16(11-18)21(27)24-13-15-5-2-1-3-6-15/h1-12,14H,13H2,(H,24,27). The molecule has 1 heterocycles. The number of nitrogens with one attached hydrogen (secondary N) is 1. The average Bonchev–Trinajstić information content (AvgIpc) is 2.73. The fraction of sp³-hybridized carbons (Fsp3) is 0.0455. The van der Waals surface area contributed by atoms with E-state index >= 15 is 0 Å². The Hall–Kier alpha value is -3.80. The molecule has 0 fully saturated rings. The van der Waals surface area contributed by atoms with Crippen molar-refractivity contribution in [2.75, 3.05) is 0 Å². The maximum atomic E-state index is 13.6. The van der Waals surface area contributed by atoms with Gasteiger partial charge >= 0.3 is 0 Å². The van der Waals surface area contributed by atoms with Crippen LogP contribution in [0, 0.1) is 5.82 Å². The Kier molecular flexibility index (Phi) is 4.93. The van der Waals surface area contributed by atoms with Gasteiger partial charge in [0.1, 0.15) is 17.9 Å². The number of halogens is 1. The van der Waals surface area contributed by atoms with Crippen LogP contribution in [-0.4, -0.2) is 15.9 Å². The summed E-state index contributed by atoms with van der Waals surface area (Å²) in [7, 11) is 0. The Morgan fingerprint density at radius 2 is 1.82 bits per heavy atom. The van der Waals surface area contributed by atoms with Gasteiger partial charge in [0.2, 0.25) is 5.88 Å². The van der Waals surface area contributed by atoms with E-state index in [9.17, 15) is 9.18 Å². The van der Waals surface area contributed by atoms with Gasteiger partial charge in [-0.2, -0.15) is 0 Å². The smallest absolute Gasteiger partial charge is 0.251 e. The van der Waals surface area contributed by atoms with Gasteiger partial charge in [-0.3, -0.25) is 4.79 Å². The van der Waals surface area contributed by atoms with Crippen molar-refractivity contribution in [1.29, 1.82) is 0 Å². The summed E-state index contributed by atoms with van der Waals surface area (Å²) in [5.74, 6) is 0.0389. The largest absolute Gasteiger partial charge is 0.438 e. The summed E-state index contributed by atoms with van der Waals surface area (Å²) < 4.78 is 19.4. The van der Waals surface area contributed by atoms with Crippen LogP contribution in [0.1, 0.15) is 15.9 Å². The van der Waals surface area contributed by atoms with Crippen LogP contribution in [0.2, 0.25) is 0 Å². The van der Waals surface area contributed by atoms with Gasteiger partial charge in [0.25, 0.3) is 5.91 Å². The number of fused-ring (bicyclic) bond motifs is 1. The number of rotatable bonds is 5. The first-order valence-corrected chi connectivity index (χ1v) is 8.69. The summed E-state index contributed by atoms with van der Waals surface area (Å²) in [6.07, 6.45) is 1.35. The molecule has 0 aliphatic heterocycles. The first-order chi connectivity index (χ1) is 13.7. The van der Waals surface area contributed by atoms with Crippen LogP contribution in [0.3, 0.4) is 0 Å². The van der Waals surface area contributed by atoms with E-state index in [1.54, 1.807) is 30.3 Å². The quantitative estimate of drug-likeness (QED) is 0.560. The third-order valence-corrected chi connectivity index (χ3v) is 4.17. The number of ether oxygens (including phenoxy) is 1. The van der Waals surface area contributed by atoms with Crippen LogP contribution in [0.15, 0.2) is 79.1 Å². The maximum Gasteiger partial charge on any atom is 0.251 e. The molecule has 138 valence electrons. The number of carbonyl (C=O) groups excluding carboxylic acids is 1. The highest BCUT2D eigenvalue weighted by atomic mass is 19.1. The SMILES string of the molecule is O=C(NCc1ccccc1)c1cccc(Oc2ncnc3ccc(F)cc23)c1. The van der Waals surface area contributed by atoms with E-state index < -0.39 is 5.82 Å². The normalized spacial score (nSPS) is 10.6. The number of hydrogen-bond acceptors (Lipinski definition) is 4. The van der Waals surface area contributed by atoms with E-state index in [0.29, 0.717) is 28.8 Å². The Morgan fingerprint density at radius 1 is 0.964 bits per heavy atom. The zero-order valence-corrected chi connectivity index (χ0v) is 14.8. The second-order valence-electron chi connectivity index (χ2n) is 6.14. The number of amides is 1. The lowest BCUT2D eigenvalue weighted by Crippen LogP contribution is -2.22. The van der Waals surface area contributed by atoms with Crippen molar-refractivity contribution in [1.82, 2.24) is 15.3 Å². The summed E-state index contributed by atoms with van der Waals surface area (Å²) in [4.78, 5) is 20.6. The molecule has 0 saturated heterocycles. The topological polar surface area (TPSA) is 64.1 Å². The van der Waals surface area contributed by atoms with Crippen molar-refractivity contribution in [2.24, 2.45) is 0 Å². The summed E-state index contributed by atoms with van der Waals surface area (Å²) in [6, 6.07) is 20.6. The summed E-state index contributed by atoms with van der Waals surface area (Å²) in [5, 5.41) is 3.33. The molecule has 4 aromatic rings. The second-order valence-corrected chi connectivity index (χ2v) is 6.14. The van der Waals surface area contributed by atoms with Crippen molar-refractivity contribution < 1.29 is 13.9 Å². The molecular formula is C22H16FN3O2. The van der Waals surface area contributed by atoms with Gasteiger partial charge in [0.05, 0.1) is 10.9 Å². The first kappa shape index (κ1) is 17.6. The molecule has 28 heavy (non-hydrogen) atoms. The molecule has 0 unspecified atom stereocenters. The minimum atomic E-state index is -0.402. The minimum absolute atomic E-state index is 0.215. The second kappa shape index (κ2) is 7.84. The van der Waals surface area contributed by atoms with Crippen LogP contribution in [0.5, 0.6) is 11.6 Å². The van der Waals surface area contributed by atoms with Crippen molar-refractivity contribution in [3.63, 3.8) is 0 Å². The van der Waals surface area contributed by atoms with Crippen molar-refractivity contribution in [3.8, 4) is 11.6 Å². The molecule has 1 amide bonds. The highest BCUT2D eigenvalue weighted by Crippen LogP contribution is 2.27. The molecule has 0 saturated carbocycles. The van der Waals surface area contributed by atoms with Gasteiger partial charge in [-0.15, -0.1) is 0 Å². The van der Waals surface area contributed by atoms with Crippen molar-refractivity contribution in [3.05, 3.63) is 96.1 Å². The van der Waals surface area contributed by atoms with Crippen molar-refractivity contribution in [2.45, 2.75) is 6.54 Å². The molecule has 0 spiro atoms. The third kappa shape index (κ3) is 3.96. The lowest BCUT2D eigenvalue weighted by Gasteiger charge is -2.09. The maximum absolute atomic E-state index is 13.6. The number of hydrogen-bond donors (Lipinski definition) is 1. The lowest BCUT2D eigenvalue weighted by atomic mass is 10.2. The van der Waals surface area contributed by atoms with Gasteiger partial charge in [-0.1, -0.05) is 36.4 Å². The van der Waals surface area contributed by atoms with E-state index in [1.807, 2.05) is 30.3 Å². The monoisotopic (exact) mass is 373 g/mol. The van der Waals surface area contributed by atoms with E-state index in [4.69, 9.17) is 4.74 Å². The zero-order valence-electron chi connectivity index (χ0n) is 14.8. The highest BCUT2D eigenvalue weighted by molar-refractivity contribution is 5.94. The Morgan fingerprint density at radius 3 is 2.68 bits per heavy atom. The molecule has 0 aliphatic carbocycles. The van der Waals surface area contributed by atoms with Gasteiger partial charge in [0.15, 0.2) is 0 Å². The van der Waals surface area contributed by atoms with Crippen LogP contribution in [0.25, 0.3) is 10.9 Å². The molecule has 0 aliphatic rings. The summed E-state index contributed by atoms with van der Waals surface area (Å²) in [6.45, 7) is 0.431. The summed E-state index contributed by atoms with van der Waals surface area (Å²) in [5.41, 5.74) is 2.04. The van der Waals surface area contributed by atoms with Crippen LogP contribution in [0.4, 0.5) is 4.39 Å². The number of nitrogens with zero attached hydrogens (tertiary/aromatic N) is 2. The molecule has 1 aromatic heterocycles. The number of carbonyl (C=O) groups is 1. The summed E-state index contributed by atoms with van der Waals surface area (Å²) >= 11 is 0. The van der Waals surface area contributed by atoms with Crippen LogP contribution >= 0.6 is 0 Å². The van der Waals surface area contributed by atoms with Crippen molar-refractivity contribution >= 4 is 16.8 Å². The Labute approximate surface area is 160 Å². The molecule has 0 atom stereocenters. The number of benzene rings is 3. The average molecular weight is 373 g/mol. The molecule has 0 bridgehead atoms. The molecular weight excluding hydrogens is 357 g/mol. The van der Waals surface area contributed by atoms with E-state index in [-0.39, 0.29) is 11.8 Å². The Balaban J connectivity index is 1.53. The Bertz CT molecular complexity index is 1130. The highest BCUT2D eigenvalue weighted by Gasteiger charge is 2.10. The molecule has 4 rings (SSSR count). The lowest BCUT2D eigenvalue weighted by molar-refractivity contribution is 0.0950. The van der Waals surface area contributed by atoms with E-state index in [1.165, 1.54) is 18.5 Å². The number of aromatic nitrogens is 2. The van der Waals surface area contributed by atoms with Crippen LogP contribution in [-0.2, 0) is 6.54 Å². The zero-order chi connectivity index (χ0) is 19.3. The third-order valence-electron chi connectivity index (χ3n) is 4.17. The predicted molar refractivity (Wildman–Crippen MR) is 104 cm³/mol. The van der Waals surface area contributed by atoms with Gasteiger partial charge in [-0.25, -0.2) is 14.4 Å². The fourth-order valence-corrected chi connectivity index (χ4v) is 2.78. The molecule has 1 N–H and O–H groups in total. The molecule has 0 radical (unpaired) electrons. The van der Waals surface area contributed by atoms with Gasteiger partial charge < -0.3 is 10.1 Å². The van der Waals surface area contributed by atoms with E-state index in [2.05, 4.69) is 15.3 Å². The molecule has 6 heteroatoms.